The first kappa shape index (κ1) is 12.9. The predicted octanol–water partition coefficient (Wildman–Crippen LogP) is 1.06. The highest BCUT2D eigenvalue weighted by Gasteiger charge is 2.27. The Labute approximate surface area is 95.6 Å². The third-order valence-electron chi connectivity index (χ3n) is 2.52. The molecule has 0 aromatic heterocycles. The summed E-state index contributed by atoms with van der Waals surface area (Å²) < 4.78 is 10.0. The summed E-state index contributed by atoms with van der Waals surface area (Å²) >= 11 is 0. The molecule has 0 amide bonds. The fourth-order valence-corrected chi connectivity index (χ4v) is 1.71. The van der Waals surface area contributed by atoms with Crippen molar-refractivity contribution in [3.8, 4) is 0 Å². The molecule has 0 spiro atoms. The molecule has 0 aromatic carbocycles. The molecule has 1 aliphatic rings. The van der Waals surface area contributed by atoms with E-state index in [4.69, 9.17) is 9.47 Å². The maximum Gasteiger partial charge on any atom is 0.308 e. The molecule has 0 saturated heterocycles. The maximum absolute atomic E-state index is 11.2. The van der Waals surface area contributed by atoms with E-state index in [1.165, 1.54) is 0 Å². The Morgan fingerprint density at radius 3 is 2.75 bits per heavy atom. The molecule has 16 heavy (non-hydrogen) atoms. The Hall–Kier alpha value is -1.13. The number of carbonyl (C=O) groups is 1. The van der Waals surface area contributed by atoms with Gasteiger partial charge in [0.1, 0.15) is 0 Å². The summed E-state index contributed by atoms with van der Waals surface area (Å²) in [7, 11) is 1.58. The number of hydrogen-bond acceptors (Lipinski definition) is 4. The number of esters is 1. The van der Waals surface area contributed by atoms with Gasteiger partial charge in [0.05, 0.1) is 25.2 Å². The minimum atomic E-state index is -0.773. The normalized spacial score (nSPS) is 25.4. The Morgan fingerprint density at radius 2 is 2.12 bits per heavy atom. The third-order valence-corrected chi connectivity index (χ3v) is 2.52. The van der Waals surface area contributed by atoms with Crippen LogP contribution in [-0.4, -0.2) is 37.0 Å². The van der Waals surface area contributed by atoms with Crippen LogP contribution in [0.4, 0.5) is 0 Å². The van der Waals surface area contributed by atoms with Gasteiger partial charge in [-0.25, -0.2) is 0 Å². The minimum absolute atomic E-state index is 0.00343. The van der Waals surface area contributed by atoms with Gasteiger partial charge in [0.25, 0.3) is 0 Å². The quantitative estimate of drug-likeness (QED) is 0.712. The predicted molar refractivity (Wildman–Crippen MR) is 59.8 cm³/mol. The number of ether oxygens (including phenoxy) is 2. The molecule has 0 aromatic rings. The standard InChI is InChI=1S/C12H18O4/c1-3-16-12(14)8-10(13)9-6-4-5-7-11(9)15-2/h4-7,9-11,13H,3,8H2,1-2H3. The summed E-state index contributed by atoms with van der Waals surface area (Å²) in [4.78, 5) is 11.2. The molecule has 0 saturated carbocycles. The van der Waals surface area contributed by atoms with Crippen molar-refractivity contribution in [1.82, 2.24) is 0 Å². The molecule has 4 heteroatoms. The van der Waals surface area contributed by atoms with Gasteiger partial charge in [-0.2, -0.15) is 0 Å². The van der Waals surface area contributed by atoms with Crippen molar-refractivity contribution < 1.29 is 19.4 Å². The second-order valence-corrected chi connectivity index (χ2v) is 3.62. The molecule has 0 heterocycles. The molecular formula is C12H18O4. The van der Waals surface area contributed by atoms with Gasteiger partial charge < -0.3 is 14.6 Å². The number of hydrogen-bond donors (Lipinski definition) is 1. The van der Waals surface area contributed by atoms with Crippen molar-refractivity contribution in [3.63, 3.8) is 0 Å². The monoisotopic (exact) mass is 226 g/mol. The summed E-state index contributed by atoms with van der Waals surface area (Å²) in [6.07, 6.45) is 6.45. The smallest absolute Gasteiger partial charge is 0.308 e. The fourth-order valence-electron chi connectivity index (χ4n) is 1.71. The lowest BCUT2D eigenvalue weighted by molar-refractivity contribution is -0.146. The molecule has 1 aliphatic carbocycles. The average Bonchev–Trinajstić information content (AvgIpc) is 2.29. The first-order valence-electron chi connectivity index (χ1n) is 5.40. The zero-order chi connectivity index (χ0) is 12.0. The van der Waals surface area contributed by atoms with E-state index >= 15 is 0 Å². The van der Waals surface area contributed by atoms with Crippen LogP contribution in [0.25, 0.3) is 0 Å². The minimum Gasteiger partial charge on any atom is -0.466 e. The van der Waals surface area contributed by atoms with Crippen molar-refractivity contribution in [3.05, 3.63) is 24.3 Å². The Balaban J connectivity index is 2.52. The van der Waals surface area contributed by atoms with Crippen molar-refractivity contribution in [2.24, 2.45) is 5.92 Å². The Kier molecular flexibility index (Phi) is 5.22. The largest absolute Gasteiger partial charge is 0.466 e. The van der Waals surface area contributed by atoms with Gasteiger partial charge in [0.15, 0.2) is 0 Å². The molecule has 3 atom stereocenters. The van der Waals surface area contributed by atoms with Crippen LogP contribution in [0.3, 0.4) is 0 Å². The van der Waals surface area contributed by atoms with E-state index in [0.29, 0.717) is 6.61 Å². The summed E-state index contributed by atoms with van der Waals surface area (Å²) in [5.74, 6) is -0.577. The van der Waals surface area contributed by atoms with Gasteiger partial charge in [0.2, 0.25) is 0 Å². The van der Waals surface area contributed by atoms with Crippen LogP contribution in [0.1, 0.15) is 13.3 Å². The van der Waals surface area contributed by atoms with Gasteiger partial charge in [0, 0.05) is 13.0 Å². The van der Waals surface area contributed by atoms with E-state index in [0.717, 1.165) is 0 Å². The lowest BCUT2D eigenvalue weighted by Gasteiger charge is -2.26. The van der Waals surface area contributed by atoms with E-state index < -0.39 is 6.10 Å². The summed E-state index contributed by atoms with van der Waals surface area (Å²) in [5.41, 5.74) is 0. The molecule has 1 N–H and O–H groups in total. The molecule has 0 radical (unpaired) electrons. The topological polar surface area (TPSA) is 55.8 Å². The van der Waals surface area contributed by atoms with Crippen molar-refractivity contribution in [1.29, 1.82) is 0 Å². The SMILES string of the molecule is CCOC(=O)CC(O)C1C=CC=CC1OC. The molecule has 0 aliphatic heterocycles. The molecule has 0 bridgehead atoms. The van der Waals surface area contributed by atoms with Crippen molar-refractivity contribution in [2.45, 2.75) is 25.6 Å². The first-order chi connectivity index (χ1) is 7.69. The van der Waals surface area contributed by atoms with Crippen LogP contribution in [0.5, 0.6) is 0 Å². The molecule has 4 nitrogen and oxygen atoms in total. The molecule has 0 fully saturated rings. The Bertz CT molecular complexity index is 283. The molecule has 1 rings (SSSR count). The number of methoxy groups -OCH3 is 1. The summed E-state index contributed by atoms with van der Waals surface area (Å²) in [6.45, 7) is 2.07. The fraction of sp³-hybridized carbons (Fsp3) is 0.583. The van der Waals surface area contributed by atoms with Crippen LogP contribution in [-0.2, 0) is 14.3 Å². The lowest BCUT2D eigenvalue weighted by Crippen LogP contribution is -2.33. The van der Waals surface area contributed by atoms with Gasteiger partial charge in [-0.3, -0.25) is 4.79 Å². The van der Waals surface area contributed by atoms with E-state index in [9.17, 15) is 9.90 Å². The van der Waals surface area contributed by atoms with Gasteiger partial charge in [-0.15, -0.1) is 0 Å². The van der Waals surface area contributed by atoms with Gasteiger partial charge >= 0.3 is 5.97 Å². The second-order valence-electron chi connectivity index (χ2n) is 3.62. The van der Waals surface area contributed by atoms with Crippen LogP contribution < -0.4 is 0 Å². The molecular weight excluding hydrogens is 208 g/mol. The van der Waals surface area contributed by atoms with Crippen molar-refractivity contribution in [2.75, 3.05) is 13.7 Å². The summed E-state index contributed by atoms with van der Waals surface area (Å²) in [5, 5.41) is 9.91. The van der Waals surface area contributed by atoms with E-state index in [-0.39, 0.29) is 24.4 Å². The van der Waals surface area contributed by atoms with Gasteiger partial charge in [-0.05, 0) is 6.92 Å². The van der Waals surface area contributed by atoms with Gasteiger partial charge in [-0.1, -0.05) is 24.3 Å². The molecule has 90 valence electrons. The van der Waals surface area contributed by atoms with Crippen LogP contribution in [0.2, 0.25) is 0 Å². The molecule has 3 unspecified atom stereocenters. The Morgan fingerprint density at radius 1 is 1.44 bits per heavy atom. The number of rotatable bonds is 5. The number of aliphatic hydroxyl groups excluding tert-OH is 1. The maximum atomic E-state index is 11.2. The van der Waals surface area contributed by atoms with E-state index in [1.54, 1.807) is 14.0 Å². The number of allylic oxidation sites excluding steroid dienone is 2. The van der Waals surface area contributed by atoms with E-state index in [1.807, 2.05) is 24.3 Å². The lowest BCUT2D eigenvalue weighted by atomic mass is 9.90. The number of aliphatic hydroxyl groups is 1. The highest BCUT2D eigenvalue weighted by Crippen LogP contribution is 2.21. The van der Waals surface area contributed by atoms with Crippen LogP contribution in [0, 0.1) is 5.92 Å². The zero-order valence-electron chi connectivity index (χ0n) is 9.63. The zero-order valence-corrected chi connectivity index (χ0v) is 9.63. The first-order valence-corrected chi connectivity index (χ1v) is 5.40. The number of carbonyl (C=O) groups excluding carboxylic acids is 1. The summed E-state index contributed by atoms with van der Waals surface area (Å²) in [6, 6.07) is 0. The average molecular weight is 226 g/mol. The second kappa shape index (κ2) is 6.45. The van der Waals surface area contributed by atoms with Crippen LogP contribution >= 0.6 is 0 Å². The van der Waals surface area contributed by atoms with Crippen LogP contribution in [0.15, 0.2) is 24.3 Å². The van der Waals surface area contributed by atoms with Crippen molar-refractivity contribution >= 4 is 5.97 Å². The van der Waals surface area contributed by atoms with E-state index in [2.05, 4.69) is 0 Å². The third kappa shape index (κ3) is 3.47. The highest BCUT2D eigenvalue weighted by molar-refractivity contribution is 5.70. The highest BCUT2D eigenvalue weighted by atomic mass is 16.5.